The first-order valence-corrected chi connectivity index (χ1v) is 9.83. The van der Waals surface area contributed by atoms with E-state index in [1.54, 1.807) is 0 Å². The maximum atomic E-state index is 12.7. The highest BCUT2D eigenvalue weighted by Crippen LogP contribution is 2.55. The fourth-order valence-electron chi connectivity index (χ4n) is 5.16. The first-order valence-electron chi connectivity index (χ1n) is 9.83. The van der Waals surface area contributed by atoms with E-state index in [9.17, 15) is 14.7 Å². The Balaban J connectivity index is 1.68. The molecule has 4 aliphatic rings. The summed E-state index contributed by atoms with van der Waals surface area (Å²) in [4.78, 5) is 26.9. The number of carbonyl (C=O) groups is 2. The maximum absolute atomic E-state index is 12.7. The molecule has 1 aromatic rings. The summed E-state index contributed by atoms with van der Waals surface area (Å²) in [5, 5.41) is 9.71. The highest BCUT2D eigenvalue weighted by Gasteiger charge is 2.60. The molecule has 1 amide bonds. The minimum atomic E-state index is -1.26. The smallest absolute Gasteiger partial charge is 0.335 e. The maximum Gasteiger partial charge on any atom is 0.335 e. The third kappa shape index (κ3) is 2.55. The van der Waals surface area contributed by atoms with Gasteiger partial charge in [0.25, 0.3) is 0 Å². The van der Waals surface area contributed by atoms with Crippen LogP contribution in [0.4, 0.5) is 0 Å². The van der Waals surface area contributed by atoms with E-state index in [0.29, 0.717) is 43.1 Å². The third-order valence-corrected chi connectivity index (χ3v) is 6.45. The van der Waals surface area contributed by atoms with E-state index in [-0.39, 0.29) is 18.6 Å². The van der Waals surface area contributed by atoms with Gasteiger partial charge >= 0.3 is 5.97 Å². The van der Waals surface area contributed by atoms with Crippen molar-refractivity contribution < 1.29 is 33.6 Å². The highest BCUT2D eigenvalue weighted by atomic mass is 16.7. The molecule has 0 unspecified atom stereocenters. The second-order valence-electron chi connectivity index (χ2n) is 7.95. The van der Waals surface area contributed by atoms with E-state index in [4.69, 9.17) is 18.9 Å². The van der Waals surface area contributed by atoms with Crippen LogP contribution in [0.15, 0.2) is 24.0 Å². The van der Waals surface area contributed by atoms with Crippen molar-refractivity contribution in [3.05, 3.63) is 35.1 Å². The quantitative estimate of drug-likeness (QED) is 0.762. The van der Waals surface area contributed by atoms with Crippen molar-refractivity contribution in [3.8, 4) is 11.5 Å². The van der Waals surface area contributed by atoms with E-state index in [1.165, 1.54) is 14.0 Å². The van der Waals surface area contributed by atoms with Crippen LogP contribution in [-0.2, 0) is 25.5 Å². The molecule has 1 spiro atoms. The lowest BCUT2D eigenvalue weighted by Crippen LogP contribution is -2.49. The van der Waals surface area contributed by atoms with E-state index >= 15 is 0 Å². The number of amides is 1. The summed E-state index contributed by atoms with van der Waals surface area (Å²) in [5.41, 5.74) is 1.35. The van der Waals surface area contributed by atoms with Gasteiger partial charge in [-0.05, 0) is 49.1 Å². The van der Waals surface area contributed by atoms with Gasteiger partial charge in [0.2, 0.25) is 12.7 Å². The van der Waals surface area contributed by atoms with Gasteiger partial charge in [0.05, 0.1) is 18.6 Å². The van der Waals surface area contributed by atoms with Gasteiger partial charge in [-0.2, -0.15) is 0 Å². The largest absolute Gasteiger partial charge is 0.497 e. The number of fused-ring (bicyclic) bond motifs is 3. The Bertz CT molecular complexity index is 924. The molecule has 8 heteroatoms. The average Bonchev–Trinajstić information content (AvgIpc) is 3.34. The molecular weight excluding hydrogens is 378 g/mol. The Morgan fingerprint density at radius 1 is 1.31 bits per heavy atom. The van der Waals surface area contributed by atoms with Crippen LogP contribution in [0.25, 0.3) is 0 Å². The molecule has 154 valence electrons. The number of aliphatic hydroxyl groups excluding tert-OH is 1. The SMILES string of the molecule is COC1=C[C@@]23CCC(=O)N2CCc2cc4c(cc2[C@H]3[C@H]1OC(=O)[C@H](C)O)OCO4. The van der Waals surface area contributed by atoms with Crippen LogP contribution >= 0.6 is 0 Å². The van der Waals surface area contributed by atoms with Crippen LogP contribution in [0.1, 0.15) is 36.8 Å². The molecule has 8 nitrogen and oxygen atoms in total. The van der Waals surface area contributed by atoms with Gasteiger partial charge in [0.15, 0.2) is 17.6 Å². The predicted octanol–water partition coefficient (Wildman–Crippen LogP) is 1.25. The summed E-state index contributed by atoms with van der Waals surface area (Å²) >= 11 is 0. The number of hydrogen-bond donors (Lipinski definition) is 1. The van der Waals surface area contributed by atoms with Gasteiger partial charge in [-0.15, -0.1) is 0 Å². The Hall–Kier alpha value is -2.74. The second kappa shape index (κ2) is 6.38. The summed E-state index contributed by atoms with van der Waals surface area (Å²) in [6.07, 6.45) is 1.65. The molecule has 0 bridgehead atoms. The fraction of sp³-hybridized carbons (Fsp3) is 0.524. The second-order valence-corrected chi connectivity index (χ2v) is 7.95. The number of rotatable bonds is 3. The number of hydrogen-bond acceptors (Lipinski definition) is 7. The average molecular weight is 401 g/mol. The van der Waals surface area contributed by atoms with Gasteiger partial charge in [0, 0.05) is 13.0 Å². The standard InChI is InChI=1S/C21H23NO7/c1-11(23)20(25)29-19-16(26-2)9-21-5-3-17(24)22(21)6-4-12-7-14-15(28-10-27-14)8-13(12)18(19)21/h7-9,11,18-19,23H,3-6,10H2,1-2H3/t11-,18-,19-,21+/m0/s1. The summed E-state index contributed by atoms with van der Waals surface area (Å²) in [6, 6.07) is 3.89. The molecule has 3 heterocycles. The van der Waals surface area contributed by atoms with Crippen molar-refractivity contribution >= 4 is 11.9 Å². The van der Waals surface area contributed by atoms with Gasteiger partial charge < -0.3 is 29.0 Å². The highest BCUT2D eigenvalue weighted by molar-refractivity contribution is 5.82. The first kappa shape index (κ1) is 18.3. The minimum Gasteiger partial charge on any atom is -0.497 e. The zero-order chi connectivity index (χ0) is 20.3. The van der Waals surface area contributed by atoms with Crippen molar-refractivity contribution in [2.45, 2.75) is 49.9 Å². The van der Waals surface area contributed by atoms with Gasteiger partial charge in [-0.1, -0.05) is 0 Å². The van der Waals surface area contributed by atoms with Crippen molar-refractivity contribution in [2.75, 3.05) is 20.4 Å². The monoisotopic (exact) mass is 401 g/mol. The van der Waals surface area contributed by atoms with E-state index < -0.39 is 23.7 Å². The number of methoxy groups -OCH3 is 1. The molecule has 1 N–H and O–H groups in total. The van der Waals surface area contributed by atoms with Crippen LogP contribution < -0.4 is 9.47 Å². The summed E-state index contributed by atoms with van der Waals surface area (Å²) in [7, 11) is 1.53. The molecule has 5 rings (SSSR count). The minimum absolute atomic E-state index is 0.0806. The molecule has 0 radical (unpaired) electrons. The Morgan fingerprint density at radius 3 is 2.79 bits per heavy atom. The van der Waals surface area contributed by atoms with Crippen LogP contribution in [-0.4, -0.2) is 60.1 Å². The van der Waals surface area contributed by atoms with Crippen molar-refractivity contribution in [1.29, 1.82) is 0 Å². The van der Waals surface area contributed by atoms with Gasteiger partial charge in [0.1, 0.15) is 11.9 Å². The topological polar surface area (TPSA) is 94.5 Å². The van der Waals surface area contributed by atoms with Crippen LogP contribution in [0.2, 0.25) is 0 Å². The Labute approximate surface area is 168 Å². The van der Waals surface area contributed by atoms with E-state index in [1.807, 2.05) is 23.1 Å². The van der Waals surface area contributed by atoms with Crippen LogP contribution in [0.3, 0.4) is 0 Å². The number of aliphatic hydroxyl groups is 1. The molecule has 0 saturated carbocycles. The Morgan fingerprint density at radius 2 is 2.07 bits per heavy atom. The zero-order valence-electron chi connectivity index (χ0n) is 16.3. The van der Waals surface area contributed by atoms with E-state index in [0.717, 1.165) is 11.1 Å². The zero-order valence-corrected chi connectivity index (χ0v) is 16.3. The molecule has 1 aliphatic carbocycles. The summed E-state index contributed by atoms with van der Waals surface area (Å²) < 4.78 is 22.4. The first-order chi connectivity index (χ1) is 13.9. The lowest BCUT2D eigenvalue weighted by atomic mass is 9.77. The molecule has 0 aromatic heterocycles. The molecule has 29 heavy (non-hydrogen) atoms. The van der Waals surface area contributed by atoms with Crippen molar-refractivity contribution in [2.24, 2.45) is 0 Å². The van der Waals surface area contributed by atoms with Crippen molar-refractivity contribution in [1.82, 2.24) is 4.90 Å². The number of carbonyl (C=O) groups excluding carboxylic acids is 2. The molecule has 1 aromatic carbocycles. The lowest BCUT2D eigenvalue weighted by molar-refractivity contribution is -0.159. The molecule has 1 fully saturated rings. The molecule has 1 saturated heterocycles. The van der Waals surface area contributed by atoms with Crippen LogP contribution in [0, 0.1) is 0 Å². The fourth-order valence-corrected chi connectivity index (χ4v) is 5.16. The van der Waals surface area contributed by atoms with Gasteiger partial charge in [-0.3, -0.25) is 4.79 Å². The number of esters is 1. The number of benzene rings is 1. The third-order valence-electron chi connectivity index (χ3n) is 6.45. The predicted molar refractivity (Wildman–Crippen MR) is 99.3 cm³/mol. The molecular formula is C21H23NO7. The Kier molecular flexibility index (Phi) is 4.03. The molecule has 4 atom stereocenters. The normalized spacial score (nSPS) is 30.1. The lowest BCUT2D eigenvalue weighted by Gasteiger charge is -2.39. The summed E-state index contributed by atoms with van der Waals surface area (Å²) in [5.74, 6) is 0.826. The van der Waals surface area contributed by atoms with Crippen molar-refractivity contribution in [3.63, 3.8) is 0 Å². The number of nitrogens with zero attached hydrogens (tertiary/aromatic N) is 1. The van der Waals surface area contributed by atoms with E-state index in [2.05, 4.69) is 0 Å². The van der Waals surface area contributed by atoms with Crippen LogP contribution in [0.5, 0.6) is 11.5 Å². The number of ether oxygens (including phenoxy) is 4. The summed E-state index contributed by atoms with van der Waals surface area (Å²) in [6.45, 7) is 2.10. The van der Waals surface area contributed by atoms with Gasteiger partial charge in [-0.25, -0.2) is 4.79 Å². The molecule has 3 aliphatic heterocycles.